The van der Waals surface area contributed by atoms with Crippen LogP contribution in [0.3, 0.4) is 0 Å². The standard InChI is InChI=1S/C23H29NO3/c1-14-18-4-3-5-20(19(18)6-7-21(14)26-2)24-27-22(25)23-11-15-8-16(12-23)10-17(9-15)13-23/h6-7,15-17H,3-5,8-13H2,1-2H3/b24-20-. The molecule has 5 aliphatic carbocycles. The Balaban J connectivity index is 1.38. The summed E-state index contributed by atoms with van der Waals surface area (Å²) in [5.74, 6) is 3.07. The quantitative estimate of drug-likeness (QED) is 0.569. The van der Waals surface area contributed by atoms with Gasteiger partial charge in [-0.2, -0.15) is 0 Å². The van der Waals surface area contributed by atoms with Crippen LogP contribution in [0.2, 0.25) is 0 Å². The van der Waals surface area contributed by atoms with Gasteiger partial charge in [-0.1, -0.05) is 5.16 Å². The minimum absolute atomic E-state index is 0.0635. The summed E-state index contributed by atoms with van der Waals surface area (Å²) >= 11 is 0. The predicted octanol–water partition coefficient (Wildman–Crippen LogP) is 4.80. The van der Waals surface area contributed by atoms with Crippen molar-refractivity contribution in [2.75, 3.05) is 7.11 Å². The number of rotatable bonds is 3. The Bertz CT molecular complexity index is 775. The van der Waals surface area contributed by atoms with Crippen LogP contribution in [0, 0.1) is 30.1 Å². The van der Waals surface area contributed by atoms with E-state index < -0.39 is 0 Å². The molecule has 0 unspecified atom stereocenters. The summed E-state index contributed by atoms with van der Waals surface area (Å²) in [6, 6.07) is 4.06. The van der Waals surface area contributed by atoms with Crippen LogP contribution in [-0.4, -0.2) is 18.8 Å². The van der Waals surface area contributed by atoms with Crippen molar-refractivity contribution in [3.63, 3.8) is 0 Å². The number of hydrogen-bond donors (Lipinski definition) is 0. The number of carbonyl (C=O) groups is 1. The molecule has 4 saturated carbocycles. The van der Waals surface area contributed by atoms with Gasteiger partial charge < -0.3 is 9.57 Å². The second kappa shape index (κ2) is 6.35. The first kappa shape index (κ1) is 17.3. The Morgan fingerprint density at radius 1 is 1.07 bits per heavy atom. The Morgan fingerprint density at radius 3 is 2.37 bits per heavy atom. The zero-order valence-corrected chi connectivity index (χ0v) is 16.4. The number of benzene rings is 1. The molecule has 0 amide bonds. The summed E-state index contributed by atoms with van der Waals surface area (Å²) < 4.78 is 5.46. The molecule has 1 aromatic rings. The molecule has 0 heterocycles. The van der Waals surface area contributed by atoms with E-state index in [0.717, 1.165) is 73.3 Å². The highest BCUT2D eigenvalue weighted by Crippen LogP contribution is 2.60. The second-order valence-electron chi connectivity index (χ2n) is 9.39. The number of hydrogen-bond acceptors (Lipinski definition) is 4. The van der Waals surface area contributed by atoms with E-state index in [1.807, 2.05) is 6.07 Å². The van der Waals surface area contributed by atoms with E-state index >= 15 is 0 Å². The molecule has 27 heavy (non-hydrogen) atoms. The normalized spacial score (nSPS) is 35.2. The Kier molecular flexibility index (Phi) is 4.06. The molecule has 0 aliphatic heterocycles. The number of fused-ring (bicyclic) bond motifs is 1. The van der Waals surface area contributed by atoms with Crippen LogP contribution in [0.25, 0.3) is 0 Å². The first-order valence-electron chi connectivity index (χ1n) is 10.5. The zero-order chi connectivity index (χ0) is 18.6. The van der Waals surface area contributed by atoms with Crippen LogP contribution in [0.1, 0.15) is 68.1 Å². The number of carbonyl (C=O) groups excluding carboxylic acids is 1. The summed E-state index contributed by atoms with van der Waals surface area (Å²) in [6.45, 7) is 2.10. The van der Waals surface area contributed by atoms with Crippen molar-refractivity contribution in [1.29, 1.82) is 0 Å². The van der Waals surface area contributed by atoms with Crippen LogP contribution < -0.4 is 4.74 Å². The monoisotopic (exact) mass is 367 g/mol. The fraction of sp³-hybridized carbons (Fsp3) is 0.652. The molecule has 4 heteroatoms. The van der Waals surface area contributed by atoms with Gasteiger partial charge in [0.05, 0.1) is 18.2 Å². The summed E-state index contributed by atoms with van der Waals surface area (Å²) in [6.07, 6.45) is 9.99. The van der Waals surface area contributed by atoms with Crippen molar-refractivity contribution < 1.29 is 14.4 Å². The van der Waals surface area contributed by atoms with Gasteiger partial charge in [0, 0.05) is 5.56 Å². The van der Waals surface area contributed by atoms with Gasteiger partial charge in [-0.05, 0) is 106 Å². The molecule has 5 aliphatic rings. The lowest BCUT2D eigenvalue weighted by Crippen LogP contribution is -2.50. The van der Waals surface area contributed by atoms with E-state index in [2.05, 4.69) is 18.1 Å². The zero-order valence-electron chi connectivity index (χ0n) is 16.4. The maximum atomic E-state index is 13.1. The molecule has 0 radical (unpaired) electrons. The molecule has 6 rings (SSSR count). The van der Waals surface area contributed by atoms with Gasteiger partial charge in [-0.3, -0.25) is 0 Å². The van der Waals surface area contributed by atoms with Gasteiger partial charge in [-0.15, -0.1) is 0 Å². The van der Waals surface area contributed by atoms with E-state index in [-0.39, 0.29) is 11.4 Å². The predicted molar refractivity (Wildman–Crippen MR) is 104 cm³/mol. The smallest absolute Gasteiger partial charge is 0.341 e. The van der Waals surface area contributed by atoms with Crippen LogP contribution in [0.15, 0.2) is 17.3 Å². The van der Waals surface area contributed by atoms with Gasteiger partial charge in [-0.25, -0.2) is 4.79 Å². The minimum Gasteiger partial charge on any atom is -0.496 e. The van der Waals surface area contributed by atoms with E-state index in [0.29, 0.717) is 0 Å². The number of ether oxygens (including phenoxy) is 1. The molecule has 144 valence electrons. The molecular formula is C23H29NO3. The van der Waals surface area contributed by atoms with Crippen molar-refractivity contribution in [2.45, 2.75) is 64.7 Å². The van der Waals surface area contributed by atoms with Gasteiger partial charge in [0.1, 0.15) is 5.75 Å². The summed E-state index contributed by atoms with van der Waals surface area (Å²) in [7, 11) is 1.71. The highest BCUT2D eigenvalue weighted by Gasteiger charge is 2.55. The maximum absolute atomic E-state index is 13.1. The average Bonchev–Trinajstić information content (AvgIpc) is 2.65. The van der Waals surface area contributed by atoms with Crippen molar-refractivity contribution >= 4 is 11.7 Å². The Morgan fingerprint density at radius 2 is 1.74 bits per heavy atom. The van der Waals surface area contributed by atoms with Crippen molar-refractivity contribution in [2.24, 2.45) is 28.3 Å². The lowest BCUT2D eigenvalue weighted by atomic mass is 9.49. The van der Waals surface area contributed by atoms with Gasteiger partial charge >= 0.3 is 5.97 Å². The first-order chi connectivity index (χ1) is 13.1. The molecular weight excluding hydrogens is 338 g/mol. The highest BCUT2D eigenvalue weighted by molar-refractivity contribution is 6.03. The summed E-state index contributed by atoms with van der Waals surface area (Å²) in [5.41, 5.74) is 4.25. The molecule has 0 spiro atoms. The molecule has 0 aromatic heterocycles. The molecule has 4 bridgehead atoms. The number of methoxy groups -OCH3 is 1. The third-order valence-corrected chi connectivity index (χ3v) is 7.63. The van der Waals surface area contributed by atoms with E-state index in [4.69, 9.17) is 9.57 Å². The largest absolute Gasteiger partial charge is 0.496 e. The first-order valence-corrected chi connectivity index (χ1v) is 10.5. The molecule has 1 aromatic carbocycles. The second-order valence-corrected chi connectivity index (χ2v) is 9.39. The van der Waals surface area contributed by atoms with Crippen molar-refractivity contribution in [3.8, 4) is 5.75 Å². The number of nitrogens with zero attached hydrogens (tertiary/aromatic N) is 1. The fourth-order valence-electron chi connectivity index (χ4n) is 6.77. The van der Waals surface area contributed by atoms with Crippen LogP contribution in [0.4, 0.5) is 0 Å². The summed E-state index contributed by atoms with van der Waals surface area (Å²) in [5, 5.41) is 4.40. The lowest BCUT2D eigenvalue weighted by molar-refractivity contribution is -0.171. The summed E-state index contributed by atoms with van der Waals surface area (Å²) in [4.78, 5) is 18.7. The van der Waals surface area contributed by atoms with Crippen LogP contribution in [-0.2, 0) is 16.1 Å². The van der Waals surface area contributed by atoms with E-state index in [9.17, 15) is 4.79 Å². The maximum Gasteiger partial charge on any atom is 0.341 e. The highest BCUT2D eigenvalue weighted by atomic mass is 16.7. The topological polar surface area (TPSA) is 47.9 Å². The van der Waals surface area contributed by atoms with Crippen molar-refractivity contribution in [1.82, 2.24) is 0 Å². The minimum atomic E-state index is -0.244. The van der Waals surface area contributed by atoms with Crippen LogP contribution >= 0.6 is 0 Å². The Labute approximate surface area is 161 Å². The van der Waals surface area contributed by atoms with Crippen molar-refractivity contribution in [3.05, 3.63) is 28.8 Å². The lowest BCUT2D eigenvalue weighted by Gasteiger charge is -2.54. The molecule has 4 nitrogen and oxygen atoms in total. The molecule has 0 N–H and O–H groups in total. The van der Waals surface area contributed by atoms with E-state index in [1.54, 1.807) is 7.11 Å². The average molecular weight is 367 g/mol. The van der Waals surface area contributed by atoms with Gasteiger partial charge in [0.15, 0.2) is 0 Å². The molecule has 4 fully saturated rings. The molecule has 0 atom stereocenters. The molecule has 0 saturated heterocycles. The fourth-order valence-corrected chi connectivity index (χ4v) is 6.77. The SMILES string of the molecule is COc1ccc2c(c1C)CCC/C2=N/OC(=O)C12CC3CC(CC(C3)C1)C2. The third-order valence-electron chi connectivity index (χ3n) is 7.63. The third kappa shape index (κ3) is 2.79. The Hall–Kier alpha value is -1.84. The van der Waals surface area contributed by atoms with Crippen LogP contribution in [0.5, 0.6) is 5.75 Å². The van der Waals surface area contributed by atoms with E-state index in [1.165, 1.54) is 30.4 Å². The van der Waals surface area contributed by atoms with Gasteiger partial charge in [0.2, 0.25) is 0 Å². The van der Waals surface area contributed by atoms with Gasteiger partial charge in [0.25, 0.3) is 0 Å². The number of oxime groups is 1.